The van der Waals surface area contributed by atoms with Gasteiger partial charge in [0.25, 0.3) is 0 Å². The quantitative estimate of drug-likeness (QED) is 0.869. The number of rotatable bonds is 5. The fourth-order valence-electron chi connectivity index (χ4n) is 2.35. The predicted molar refractivity (Wildman–Crippen MR) is 73.2 cm³/mol. The molecule has 3 nitrogen and oxygen atoms in total. The molecule has 0 spiro atoms. The zero-order chi connectivity index (χ0) is 13.0. The van der Waals surface area contributed by atoms with Gasteiger partial charge < -0.3 is 14.8 Å². The standard InChI is InChI=1S/C15H23NO2/c1-11-5-4-6-12(2)15(11)18-9-13(3)16-14-7-8-17-10-14/h4-6,13-14,16H,7-10H2,1-3H3/t13-,14+/m0/s1. The maximum absolute atomic E-state index is 5.94. The molecule has 0 unspecified atom stereocenters. The molecule has 18 heavy (non-hydrogen) atoms. The van der Waals surface area contributed by atoms with E-state index in [4.69, 9.17) is 9.47 Å². The van der Waals surface area contributed by atoms with E-state index in [1.54, 1.807) is 0 Å². The van der Waals surface area contributed by atoms with Gasteiger partial charge in [0, 0.05) is 18.7 Å². The van der Waals surface area contributed by atoms with Crippen LogP contribution in [-0.2, 0) is 4.74 Å². The topological polar surface area (TPSA) is 30.5 Å². The van der Waals surface area contributed by atoms with Gasteiger partial charge in [-0.1, -0.05) is 18.2 Å². The van der Waals surface area contributed by atoms with E-state index < -0.39 is 0 Å². The Morgan fingerprint density at radius 1 is 1.39 bits per heavy atom. The smallest absolute Gasteiger partial charge is 0.125 e. The third kappa shape index (κ3) is 3.47. The fourth-order valence-corrected chi connectivity index (χ4v) is 2.35. The molecule has 1 saturated heterocycles. The molecule has 0 radical (unpaired) electrons. The van der Waals surface area contributed by atoms with Crippen molar-refractivity contribution in [3.8, 4) is 5.75 Å². The second-order valence-electron chi connectivity index (χ2n) is 5.16. The molecular formula is C15H23NO2. The summed E-state index contributed by atoms with van der Waals surface area (Å²) >= 11 is 0. The summed E-state index contributed by atoms with van der Waals surface area (Å²) in [6.07, 6.45) is 1.10. The first-order chi connectivity index (χ1) is 8.66. The Labute approximate surface area is 109 Å². The Morgan fingerprint density at radius 2 is 2.11 bits per heavy atom. The van der Waals surface area contributed by atoms with Crippen LogP contribution in [0.2, 0.25) is 0 Å². The lowest BCUT2D eigenvalue weighted by atomic mass is 10.1. The van der Waals surface area contributed by atoms with Crippen molar-refractivity contribution in [3.63, 3.8) is 0 Å². The van der Waals surface area contributed by atoms with Crippen LogP contribution in [0.5, 0.6) is 5.75 Å². The number of hydrogen-bond acceptors (Lipinski definition) is 3. The highest BCUT2D eigenvalue weighted by Gasteiger charge is 2.17. The van der Waals surface area contributed by atoms with E-state index in [2.05, 4.69) is 44.3 Å². The second-order valence-corrected chi connectivity index (χ2v) is 5.16. The van der Waals surface area contributed by atoms with Crippen molar-refractivity contribution in [1.29, 1.82) is 0 Å². The predicted octanol–water partition coefficient (Wildman–Crippen LogP) is 2.45. The van der Waals surface area contributed by atoms with E-state index in [-0.39, 0.29) is 0 Å². The highest BCUT2D eigenvalue weighted by atomic mass is 16.5. The monoisotopic (exact) mass is 249 g/mol. The van der Waals surface area contributed by atoms with Gasteiger partial charge in [0.1, 0.15) is 12.4 Å². The van der Waals surface area contributed by atoms with Gasteiger partial charge in [0.2, 0.25) is 0 Å². The third-order valence-electron chi connectivity index (χ3n) is 3.34. The highest BCUT2D eigenvalue weighted by molar-refractivity contribution is 5.39. The molecule has 2 rings (SSSR count). The SMILES string of the molecule is Cc1cccc(C)c1OC[C@H](C)N[C@@H]1CCOC1. The molecule has 2 atom stereocenters. The summed E-state index contributed by atoms with van der Waals surface area (Å²) in [7, 11) is 0. The van der Waals surface area contributed by atoms with Crippen molar-refractivity contribution < 1.29 is 9.47 Å². The number of para-hydroxylation sites is 1. The molecule has 0 amide bonds. The summed E-state index contributed by atoms with van der Waals surface area (Å²) < 4.78 is 11.3. The molecule has 0 saturated carbocycles. The van der Waals surface area contributed by atoms with E-state index in [0.29, 0.717) is 18.7 Å². The second kappa shape index (κ2) is 6.21. The lowest BCUT2D eigenvalue weighted by Crippen LogP contribution is -2.40. The van der Waals surface area contributed by atoms with E-state index >= 15 is 0 Å². The molecule has 3 heteroatoms. The largest absolute Gasteiger partial charge is 0.491 e. The molecule has 0 bridgehead atoms. The molecule has 1 aromatic rings. The molecule has 1 aliphatic rings. The van der Waals surface area contributed by atoms with E-state index in [9.17, 15) is 0 Å². The molecule has 1 fully saturated rings. The molecule has 1 heterocycles. The Balaban J connectivity index is 1.83. The maximum atomic E-state index is 5.94. The van der Waals surface area contributed by atoms with Crippen LogP contribution in [0.15, 0.2) is 18.2 Å². The van der Waals surface area contributed by atoms with Gasteiger partial charge in [-0.25, -0.2) is 0 Å². The van der Waals surface area contributed by atoms with Crippen molar-refractivity contribution in [1.82, 2.24) is 5.32 Å². The Kier molecular flexibility index (Phi) is 4.61. The number of aryl methyl sites for hydroxylation is 2. The molecule has 1 aromatic carbocycles. The van der Waals surface area contributed by atoms with Crippen LogP contribution in [-0.4, -0.2) is 31.9 Å². The van der Waals surface area contributed by atoms with Crippen molar-refractivity contribution in [2.24, 2.45) is 0 Å². The van der Waals surface area contributed by atoms with Crippen LogP contribution in [0.1, 0.15) is 24.5 Å². The Morgan fingerprint density at radius 3 is 2.72 bits per heavy atom. The van der Waals surface area contributed by atoms with Crippen molar-refractivity contribution in [3.05, 3.63) is 29.3 Å². The van der Waals surface area contributed by atoms with Crippen molar-refractivity contribution in [2.45, 2.75) is 39.3 Å². The minimum absolute atomic E-state index is 0.343. The summed E-state index contributed by atoms with van der Waals surface area (Å²) in [6, 6.07) is 7.07. The van der Waals surface area contributed by atoms with Crippen molar-refractivity contribution >= 4 is 0 Å². The van der Waals surface area contributed by atoms with Gasteiger partial charge in [0.15, 0.2) is 0 Å². The first kappa shape index (κ1) is 13.4. The van der Waals surface area contributed by atoms with Gasteiger partial charge in [-0.05, 0) is 38.3 Å². The molecular weight excluding hydrogens is 226 g/mol. The van der Waals surface area contributed by atoms with E-state index in [1.807, 2.05) is 0 Å². The number of hydrogen-bond donors (Lipinski definition) is 1. The van der Waals surface area contributed by atoms with Crippen LogP contribution in [0.25, 0.3) is 0 Å². The van der Waals surface area contributed by atoms with E-state index in [0.717, 1.165) is 25.4 Å². The van der Waals surface area contributed by atoms with Crippen LogP contribution in [0, 0.1) is 13.8 Å². The number of benzene rings is 1. The minimum Gasteiger partial charge on any atom is -0.491 e. The van der Waals surface area contributed by atoms with Gasteiger partial charge in [-0.3, -0.25) is 0 Å². The molecule has 0 aromatic heterocycles. The lowest BCUT2D eigenvalue weighted by Gasteiger charge is -2.20. The van der Waals surface area contributed by atoms with Gasteiger partial charge in [-0.2, -0.15) is 0 Å². The Bertz CT molecular complexity index is 366. The Hall–Kier alpha value is -1.06. The summed E-state index contributed by atoms with van der Waals surface area (Å²) in [5, 5.41) is 3.54. The van der Waals surface area contributed by atoms with E-state index in [1.165, 1.54) is 11.1 Å². The number of ether oxygens (including phenoxy) is 2. The van der Waals surface area contributed by atoms with Gasteiger partial charge >= 0.3 is 0 Å². The van der Waals surface area contributed by atoms with Crippen LogP contribution >= 0.6 is 0 Å². The normalized spacial score (nSPS) is 20.9. The molecule has 1 N–H and O–H groups in total. The van der Waals surface area contributed by atoms with Crippen LogP contribution < -0.4 is 10.1 Å². The lowest BCUT2D eigenvalue weighted by molar-refractivity contribution is 0.184. The average molecular weight is 249 g/mol. The first-order valence-electron chi connectivity index (χ1n) is 6.69. The maximum Gasteiger partial charge on any atom is 0.125 e. The van der Waals surface area contributed by atoms with Gasteiger partial charge in [0.05, 0.1) is 6.61 Å². The zero-order valence-corrected chi connectivity index (χ0v) is 11.5. The minimum atomic E-state index is 0.343. The highest BCUT2D eigenvalue weighted by Crippen LogP contribution is 2.22. The zero-order valence-electron chi connectivity index (χ0n) is 11.5. The fraction of sp³-hybridized carbons (Fsp3) is 0.600. The summed E-state index contributed by atoms with van der Waals surface area (Å²) in [5.41, 5.74) is 2.40. The first-order valence-corrected chi connectivity index (χ1v) is 6.69. The van der Waals surface area contributed by atoms with Gasteiger partial charge in [-0.15, -0.1) is 0 Å². The summed E-state index contributed by atoms with van der Waals surface area (Å²) in [5.74, 6) is 1.02. The number of nitrogens with one attached hydrogen (secondary N) is 1. The van der Waals surface area contributed by atoms with Crippen LogP contribution in [0.4, 0.5) is 0 Å². The average Bonchev–Trinajstić information content (AvgIpc) is 2.81. The summed E-state index contributed by atoms with van der Waals surface area (Å²) in [6.45, 7) is 8.74. The molecule has 1 aliphatic heterocycles. The van der Waals surface area contributed by atoms with Crippen molar-refractivity contribution in [2.75, 3.05) is 19.8 Å². The molecule has 0 aliphatic carbocycles. The molecule has 100 valence electrons. The van der Waals surface area contributed by atoms with Crippen LogP contribution in [0.3, 0.4) is 0 Å². The summed E-state index contributed by atoms with van der Waals surface area (Å²) in [4.78, 5) is 0. The third-order valence-corrected chi connectivity index (χ3v) is 3.34.